The Morgan fingerprint density at radius 3 is 2.24 bits per heavy atom. The zero-order valence-corrected chi connectivity index (χ0v) is 16.0. The highest BCUT2D eigenvalue weighted by Gasteiger charge is 2.43. The molecule has 1 aliphatic rings. The predicted molar refractivity (Wildman–Crippen MR) is 88.9 cm³/mol. The summed E-state index contributed by atoms with van der Waals surface area (Å²) in [6.45, 7) is 16.8. The third-order valence-corrected chi connectivity index (χ3v) is 8.26. The molecule has 2 unspecified atom stereocenters. The predicted octanol–water partition coefficient (Wildman–Crippen LogP) is 4.00. The molecule has 5 heteroatoms. The van der Waals surface area contributed by atoms with Crippen LogP contribution in [0.15, 0.2) is 0 Å². The quantitative estimate of drug-likeness (QED) is 0.801. The van der Waals surface area contributed by atoms with Gasteiger partial charge >= 0.3 is 6.09 Å². The van der Waals surface area contributed by atoms with Gasteiger partial charge in [0.1, 0.15) is 5.60 Å². The summed E-state index contributed by atoms with van der Waals surface area (Å²) in [4.78, 5) is 24.5. The normalized spacial score (nSPS) is 24.3. The summed E-state index contributed by atoms with van der Waals surface area (Å²) in [5.74, 6) is 0.446. The molecule has 4 nitrogen and oxygen atoms in total. The maximum Gasteiger partial charge on any atom is 0.410 e. The first kappa shape index (κ1) is 18.5. The summed E-state index contributed by atoms with van der Waals surface area (Å²) in [5, 5.41) is -0.0403. The van der Waals surface area contributed by atoms with Crippen molar-refractivity contribution in [1.82, 2.24) is 4.90 Å². The largest absolute Gasteiger partial charge is 0.444 e. The Labute approximate surface area is 131 Å². The number of ether oxygens (including phenoxy) is 1. The van der Waals surface area contributed by atoms with E-state index < -0.39 is 13.9 Å². The summed E-state index contributed by atoms with van der Waals surface area (Å²) in [7, 11) is -2.20. The Bertz CT molecular complexity index is 382. The van der Waals surface area contributed by atoms with Crippen molar-refractivity contribution in [1.29, 1.82) is 0 Å². The number of nitrogens with zero attached hydrogens (tertiary/aromatic N) is 1. The molecule has 1 amide bonds. The molecule has 1 saturated heterocycles. The monoisotopic (exact) mass is 315 g/mol. The summed E-state index contributed by atoms with van der Waals surface area (Å²) >= 11 is 0. The third kappa shape index (κ3) is 4.99. The van der Waals surface area contributed by atoms with E-state index in [9.17, 15) is 9.59 Å². The molecule has 1 rings (SSSR count). The van der Waals surface area contributed by atoms with Gasteiger partial charge in [0.25, 0.3) is 0 Å². The van der Waals surface area contributed by atoms with Crippen LogP contribution in [0.5, 0.6) is 0 Å². The molecule has 124 valence electrons. The molecule has 0 saturated carbocycles. The average Bonchev–Trinajstić information content (AvgIpc) is 2.54. The summed E-state index contributed by atoms with van der Waals surface area (Å²) in [6, 6.07) is 0.212. The fourth-order valence-electron chi connectivity index (χ4n) is 2.84. The van der Waals surface area contributed by atoms with Gasteiger partial charge in [-0.15, -0.1) is 0 Å². The molecule has 0 aromatic carbocycles. The lowest BCUT2D eigenvalue weighted by Crippen LogP contribution is -2.41. The van der Waals surface area contributed by atoms with E-state index in [1.165, 1.54) is 0 Å². The van der Waals surface area contributed by atoms with Crippen LogP contribution in [0, 0.1) is 5.92 Å². The van der Waals surface area contributed by atoms with Crippen molar-refractivity contribution in [2.45, 2.75) is 84.2 Å². The maximum absolute atomic E-state index is 12.2. The Kier molecular flexibility index (Phi) is 5.21. The van der Waals surface area contributed by atoms with Gasteiger partial charge in [0.2, 0.25) is 0 Å². The van der Waals surface area contributed by atoms with E-state index in [1.807, 2.05) is 38.8 Å². The number of hydrogen-bond donors (Lipinski definition) is 1. The van der Waals surface area contributed by atoms with Crippen LogP contribution < -0.4 is 0 Å². The minimum atomic E-state index is -2.20. The molecule has 0 aliphatic carbocycles. The van der Waals surface area contributed by atoms with Gasteiger partial charge in [0.15, 0.2) is 8.32 Å². The SMILES string of the molecule is CC1CC(CC(C)(C)[Si](C)(C)O)CN1C(=O)OC(C)(C)C. The van der Waals surface area contributed by atoms with E-state index >= 15 is 0 Å². The first-order valence-corrected chi connectivity index (χ1v) is 10.9. The molecule has 0 spiro atoms. The maximum atomic E-state index is 12.2. The van der Waals surface area contributed by atoms with Crippen molar-refractivity contribution < 1.29 is 14.3 Å². The molecule has 1 N–H and O–H groups in total. The van der Waals surface area contributed by atoms with Crippen LogP contribution in [-0.2, 0) is 4.74 Å². The minimum absolute atomic E-state index is 0.0403. The Morgan fingerprint density at radius 2 is 1.81 bits per heavy atom. The molecule has 1 heterocycles. The van der Waals surface area contributed by atoms with Crippen molar-refractivity contribution in [2.24, 2.45) is 5.92 Å². The van der Waals surface area contributed by atoms with E-state index in [-0.39, 0.29) is 17.2 Å². The molecule has 0 bridgehead atoms. The number of amides is 1. The minimum Gasteiger partial charge on any atom is -0.444 e. The zero-order chi connectivity index (χ0) is 16.6. The van der Waals surface area contributed by atoms with Gasteiger partial charge in [-0.1, -0.05) is 13.8 Å². The highest BCUT2D eigenvalue weighted by molar-refractivity contribution is 6.72. The smallest absolute Gasteiger partial charge is 0.410 e. The van der Waals surface area contributed by atoms with E-state index in [2.05, 4.69) is 20.8 Å². The third-order valence-electron chi connectivity index (χ3n) is 4.74. The van der Waals surface area contributed by atoms with E-state index in [0.29, 0.717) is 5.92 Å². The first-order valence-electron chi connectivity index (χ1n) is 7.95. The van der Waals surface area contributed by atoms with Gasteiger partial charge in [-0.05, 0) is 64.6 Å². The van der Waals surface area contributed by atoms with Crippen molar-refractivity contribution in [3.05, 3.63) is 0 Å². The molecule has 0 aromatic rings. The van der Waals surface area contributed by atoms with Crippen LogP contribution in [0.2, 0.25) is 18.1 Å². The van der Waals surface area contributed by atoms with Gasteiger partial charge in [-0.3, -0.25) is 0 Å². The fraction of sp³-hybridized carbons (Fsp3) is 0.938. The zero-order valence-electron chi connectivity index (χ0n) is 15.0. The molecule has 21 heavy (non-hydrogen) atoms. The summed E-state index contributed by atoms with van der Waals surface area (Å²) in [6.07, 6.45) is 1.75. The first-order chi connectivity index (χ1) is 9.23. The Balaban J connectivity index is 2.67. The number of likely N-dealkylation sites (tertiary alicyclic amines) is 1. The lowest BCUT2D eigenvalue weighted by atomic mass is 9.94. The summed E-state index contributed by atoms with van der Waals surface area (Å²) in [5.41, 5.74) is -0.450. The van der Waals surface area contributed by atoms with Crippen LogP contribution >= 0.6 is 0 Å². The second-order valence-corrected chi connectivity index (χ2v) is 13.2. The highest BCUT2D eigenvalue weighted by Crippen LogP contribution is 2.44. The molecular formula is C16H33NO3Si. The van der Waals surface area contributed by atoms with Crippen LogP contribution in [0.25, 0.3) is 0 Å². The molecule has 0 aromatic heterocycles. The van der Waals surface area contributed by atoms with Crippen molar-refractivity contribution in [2.75, 3.05) is 6.54 Å². The molecule has 2 atom stereocenters. The number of hydrogen-bond acceptors (Lipinski definition) is 3. The van der Waals surface area contributed by atoms with Crippen molar-refractivity contribution in [3.63, 3.8) is 0 Å². The fourth-order valence-corrected chi connectivity index (χ4v) is 3.62. The second kappa shape index (κ2) is 5.92. The molecule has 1 aliphatic heterocycles. The average molecular weight is 316 g/mol. The molecule has 0 radical (unpaired) electrons. The number of rotatable bonds is 3. The van der Waals surface area contributed by atoms with Gasteiger partial charge in [-0.2, -0.15) is 0 Å². The number of carbonyl (C=O) groups is 1. The lowest BCUT2D eigenvalue weighted by molar-refractivity contribution is 0.0232. The van der Waals surface area contributed by atoms with E-state index in [4.69, 9.17) is 4.74 Å². The number of carbonyl (C=O) groups excluding carboxylic acids is 1. The van der Waals surface area contributed by atoms with Gasteiger partial charge in [0.05, 0.1) is 0 Å². The van der Waals surface area contributed by atoms with Crippen LogP contribution in [0.4, 0.5) is 4.79 Å². The summed E-state index contributed by atoms with van der Waals surface area (Å²) < 4.78 is 5.48. The van der Waals surface area contributed by atoms with E-state index in [1.54, 1.807) is 0 Å². The Morgan fingerprint density at radius 1 is 1.29 bits per heavy atom. The standard InChI is InChI=1S/C16H33NO3Si/c1-12-9-13(10-16(5,6)21(7,8)19)11-17(12)14(18)20-15(2,3)4/h12-13,19H,9-11H2,1-8H3. The second-order valence-electron chi connectivity index (χ2n) is 8.73. The lowest BCUT2D eigenvalue weighted by Gasteiger charge is -2.37. The van der Waals surface area contributed by atoms with Crippen LogP contribution in [0.3, 0.4) is 0 Å². The molecule has 1 fully saturated rings. The van der Waals surface area contributed by atoms with Gasteiger partial charge in [-0.25, -0.2) is 4.79 Å². The Hall–Kier alpha value is -0.553. The van der Waals surface area contributed by atoms with Gasteiger partial charge in [0, 0.05) is 12.6 Å². The van der Waals surface area contributed by atoms with Gasteiger partial charge < -0.3 is 14.4 Å². The van der Waals surface area contributed by atoms with Crippen LogP contribution in [0.1, 0.15) is 54.4 Å². The van der Waals surface area contributed by atoms with Crippen molar-refractivity contribution in [3.8, 4) is 0 Å². The topological polar surface area (TPSA) is 49.8 Å². The van der Waals surface area contributed by atoms with Crippen molar-refractivity contribution >= 4 is 14.4 Å². The van der Waals surface area contributed by atoms with Crippen LogP contribution in [-0.4, -0.2) is 42.3 Å². The highest BCUT2D eigenvalue weighted by atomic mass is 28.4. The molecular weight excluding hydrogens is 282 g/mol. The van der Waals surface area contributed by atoms with E-state index in [0.717, 1.165) is 19.4 Å².